The minimum Gasteiger partial charge on any atom is -0.390 e. The fraction of sp³-hybridized carbons (Fsp3) is 0.556. The molecule has 0 amide bonds. The Bertz CT molecular complexity index is 987. The number of benzene rings is 2. The number of hydrogen-bond donors (Lipinski definition) is 1. The highest BCUT2D eigenvalue weighted by atomic mass is 32.2. The van der Waals surface area contributed by atoms with Crippen molar-refractivity contribution in [3.05, 3.63) is 64.7 Å². The molecule has 0 aliphatic heterocycles. The largest absolute Gasteiger partial charge is 0.390 e. The lowest BCUT2D eigenvalue weighted by Crippen LogP contribution is -2.27. The van der Waals surface area contributed by atoms with Crippen molar-refractivity contribution in [2.45, 2.75) is 84.7 Å². The molecule has 0 fully saturated rings. The second-order valence-electron chi connectivity index (χ2n) is 9.62. The van der Waals surface area contributed by atoms with Crippen molar-refractivity contribution < 1.29 is 17.7 Å². The zero-order valence-electron chi connectivity index (χ0n) is 20.7. The first-order valence-electron chi connectivity index (χ1n) is 11.7. The summed E-state index contributed by atoms with van der Waals surface area (Å²) >= 11 is 0. The van der Waals surface area contributed by atoms with E-state index in [0.717, 1.165) is 43.9 Å². The van der Waals surface area contributed by atoms with Gasteiger partial charge in [-0.15, -0.1) is 0 Å². The van der Waals surface area contributed by atoms with Gasteiger partial charge in [-0.3, -0.25) is 0 Å². The summed E-state index contributed by atoms with van der Waals surface area (Å²) in [6.45, 7) is 12.4. The highest BCUT2D eigenvalue weighted by molar-refractivity contribution is 7.86. The lowest BCUT2D eigenvalue weighted by atomic mass is 9.70. The summed E-state index contributed by atoms with van der Waals surface area (Å²) in [5.74, 6) is 0.785. The molecule has 2 rings (SSSR count). The molecule has 178 valence electrons. The smallest absolute Gasteiger partial charge is 0.306 e. The van der Waals surface area contributed by atoms with E-state index < -0.39 is 15.7 Å². The average molecular weight is 461 g/mol. The van der Waals surface area contributed by atoms with E-state index in [1.165, 1.54) is 16.7 Å². The lowest BCUT2D eigenvalue weighted by molar-refractivity contribution is 0.0324. The molecule has 0 saturated heterocycles. The molecular weight excluding hydrogens is 420 g/mol. The van der Waals surface area contributed by atoms with Gasteiger partial charge >= 0.3 is 10.1 Å². The van der Waals surface area contributed by atoms with Crippen LogP contribution in [0.2, 0.25) is 0 Å². The predicted molar refractivity (Wildman–Crippen MR) is 133 cm³/mol. The Morgan fingerprint density at radius 3 is 2.00 bits per heavy atom. The van der Waals surface area contributed by atoms with Crippen molar-refractivity contribution in [1.82, 2.24) is 0 Å². The molecule has 0 aliphatic rings. The first-order chi connectivity index (χ1) is 14.9. The first kappa shape index (κ1) is 26.4. The summed E-state index contributed by atoms with van der Waals surface area (Å²) in [5.41, 5.74) is 3.76. The van der Waals surface area contributed by atoms with Gasteiger partial charge < -0.3 is 9.29 Å². The van der Waals surface area contributed by atoms with Crippen LogP contribution < -0.4 is 4.18 Å². The fourth-order valence-electron chi connectivity index (χ4n) is 4.77. The monoisotopic (exact) mass is 460 g/mol. The molecular formula is C27H40O4S. The molecule has 0 bridgehead atoms. The number of aryl methyl sites for hydroxylation is 1. The maximum Gasteiger partial charge on any atom is 0.306 e. The molecule has 2 unspecified atom stereocenters. The third kappa shape index (κ3) is 6.58. The van der Waals surface area contributed by atoms with Crippen LogP contribution in [0.3, 0.4) is 0 Å². The lowest BCUT2D eigenvalue weighted by Gasteiger charge is -2.34. The molecule has 32 heavy (non-hydrogen) atoms. The van der Waals surface area contributed by atoms with Crippen LogP contribution >= 0.6 is 0 Å². The van der Waals surface area contributed by atoms with E-state index in [0.29, 0.717) is 11.7 Å². The quantitative estimate of drug-likeness (QED) is 0.407. The van der Waals surface area contributed by atoms with Crippen LogP contribution in [-0.4, -0.2) is 25.4 Å². The summed E-state index contributed by atoms with van der Waals surface area (Å²) in [5, 5.41) is 10.4. The maximum absolute atomic E-state index is 11.5. The molecule has 0 aliphatic carbocycles. The molecule has 0 radical (unpaired) electrons. The zero-order valence-corrected chi connectivity index (χ0v) is 21.6. The molecule has 0 aromatic heterocycles. The van der Waals surface area contributed by atoms with Gasteiger partial charge in [-0.25, -0.2) is 0 Å². The van der Waals surface area contributed by atoms with E-state index >= 15 is 0 Å². The van der Waals surface area contributed by atoms with Crippen molar-refractivity contribution in [2.75, 3.05) is 6.26 Å². The van der Waals surface area contributed by atoms with Gasteiger partial charge in [0.1, 0.15) is 5.75 Å². The highest BCUT2D eigenvalue weighted by Crippen LogP contribution is 2.40. The van der Waals surface area contributed by atoms with Crippen molar-refractivity contribution in [1.29, 1.82) is 0 Å². The standard InChI is InChI=1S/C27H40O4S/c1-8-26(6,28)19-20(4)17-22-11-13-23(14-12-22)27(9-2,10-3)24-15-16-25(21(5)18-24)31-32(7,29)30/h11-16,18,20,28H,8-10,17,19H2,1-7H3. The first-order valence-corrected chi connectivity index (χ1v) is 13.5. The van der Waals surface area contributed by atoms with Crippen molar-refractivity contribution in [3.8, 4) is 5.75 Å². The Morgan fingerprint density at radius 2 is 1.53 bits per heavy atom. The third-order valence-electron chi connectivity index (χ3n) is 6.82. The maximum atomic E-state index is 11.5. The molecule has 5 heteroatoms. The minimum absolute atomic E-state index is 0.148. The third-order valence-corrected chi connectivity index (χ3v) is 7.30. The summed E-state index contributed by atoms with van der Waals surface area (Å²) in [7, 11) is -3.56. The molecule has 4 nitrogen and oxygen atoms in total. The van der Waals surface area contributed by atoms with Crippen LogP contribution in [-0.2, 0) is 22.0 Å². The van der Waals surface area contributed by atoms with Crippen LogP contribution in [0, 0.1) is 12.8 Å². The fourth-order valence-corrected chi connectivity index (χ4v) is 5.28. The number of rotatable bonds is 11. The average Bonchev–Trinajstić information content (AvgIpc) is 2.71. The van der Waals surface area contributed by atoms with Crippen LogP contribution in [0.4, 0.5) is 0 Å². The Morgan fingerprint density at radius 1 is 0.969 bits per heavy atom. The van der Waals surface area contributed by atoms with Crippen LogP contribution in [0.15, 0.2) is 42.5 Å². The van der Waals surface area contributed by atoms with Gasteiger partial charge in [-0.2, -0.15) is 8.42 Å². The molecule has 0 spiro atoms. The van der Waals surface area contributed by atoms with Gasteiger partial charge in [-0.05, 0) is 80.2 Å². The zero-order chi connectivity index (χ0) is 24.2. The Kier molecular flexibility index (Phi) is 8.57. The molecule has 1 N–H and O–H groups in total. The SMILES string of the molecule is CCC(C)(O)CC(C)Cc1ccc(C(CC)(CC)c2ccc(OS(C)(=O)=O)c(C)c2)cc1. The van der Waals surface area contributed by atoms with E-state index in [1.54, 1.807) is 6.07 Å². The normalized spacial score (nSPS) is 15.2. The van der Waals surface area contributed by atoms with Crippen molar-refractivity contribution in [2.24, 2.45) is 5.92 Å². The Hall–Kier alpha value is -1.85. The molecule has 2 aromatic rings. The van der Waals surface area contributed by atoms with Crippen molar-refractivity contribution >= 4 is 10.1 Å². The Balaban J connectivity index is 2.31. The second kappa shape index (κ2) is 10.4. The second-order valence-corrected chi connectivity index (χ2v) is 11.2. The van der Waals surface area contributed by atoms with Gasteiger partial charge in [-0.1, -0.05) is 64.1 Å². The summed E-state index contributed by atoms with van der Waals surface area (Å²) < 4.78 is 28.2. The van der Waals surface area contributed by atoms with Crippen LogP contribution in [0.25, 0.3) is 0 Å². The molecule has 2 aromatic carbocycles. The van der Waals surface area contributed by atoms with Crippen molar-refractivity contribution in [3.63, 3.8) is 0 Å². The molecule has 0 saturated carbocycles. The Labute approximate surface area is 195 Å². The van der Waals surface area contributed by atoms with E-state index in [1.807, 2.05) is 26.8 Å². The van der Waals surface area contributed by atoms with Gasteiger partial charge in [0.15, 0.2) is 0 Å². The van der Waals surface area contributed by atoms with Gasteiger partial charge in [0.2, 0.25) is 0 Å². The topological polar surface area (TPSA) is 63.6 Å². The van der Waals surface area contributed by atoms with Crippen LogP contribution in [0.5, 0.6) is 5.75 Å². The summed E-state index contributed by atoms with van der Waals surface area (Å²) in [6, 6.07) is 14.7. The van der Waals surface area contributed by atoms with Gasteiger partial charge in [0.05, 0.1) is 11.9 Å². The number of hydrogen-bond acceptors (Lipinski definition) is 4. The molecule has 2 atom stereocenters. The van der Waals surface area contributed by atoms with Gasteiger partial charge in [0.25, 0.3) is 0 Å². The summed E-state index contributed by atoms with van der Waals surface area (Å²) in [4.78, 5) is 0. The van der Waals surface area contributed by atoms with Gasteiger partial charge in [0, 0.05) is 5.41 Å². The van der Waals surface area contributed by atoms with Crippen LogP contribution in [0.1, 0.15) is 82.6 Å². The molecule has 0 heterocycles. The minimum atomic E-state index is -3.56. The van der Waals surface area contributed by atoms with E-state index in [4.69, 9.17) is 4.18 Å². The summed E-state index contributed by atoms with van der Waals surface area (Å²) in [6.07, 6.45) is 5.43. The predicted octanol–water partition coefficient (Wildman–Crippen LogP) is 6.17. The van der Waals surface area contributed by atoms with E-state index in [-0.39, 0.29) is 5.41 Å². The number of aliphatic hydroxyl groups is 1. The van der Waals surface area contributed by atoms with E-state index in [9.17, 15) is 13.5 Å². The highest BCUT2D eigenvalue weighted by Gasteiger charge is 2.31. The van der Waals surface area contributed by atoms with E-state index in [2.05, 4.69) is 51.1 Å².